The van der Waals surface area contributed by atoms with Crippen molar-refractivity contribution in [2.24, 2.45) is 0 Å². The first kappa shape index (κ1) is 17.8. The highest BCUT2D eigenvalue weighted by Gasteiger charge is 2.37. The Labute approximate surface area is 147 Å². The standard InChI is InChI=1S/C17H16F3N5O/c1-9-4-5-21-7-12(9)14-6-10(2)25-15(24-14)13(8-22-25)16(26)23-11(3)17(18,19)20/h4-8,11H,1-3H3,(H,23,26). The van der Waals surface area contributed by atoms with Crippen LogP contribution in [0, 0.1) is 13.8 Å². The second kappa shape index (κ2) is 6.40. The fourth-order valence-electron chi connectivity index (χ4n) is 2.50. The molecule has 3 aromatic rings. The Kier molecular flexibility index (Phi) is 4.39. The highest BCUT2D eigenvalue weighted by Crippen LogP contribution is 2.24. The van der Waals surface area contributed by atoms with Crippen molar-refractivity contribution in [3.8, 4) is 11.3 Å². The largest absolute Gasteiger partial charge is 0.408 e. The van der Waals surface area contributed by atoms with Crippen molar-refractivity contribution in [1.29, 1.82) is 0 Å². The minimum Gasteiger partial charge on any atom is -0.340 e. The van der Waals surface area contributed by atoms with Crippen LogP contribution in [0.1, 0.15) is 28.5 Å². The SMILES string of the molecule is Cc1ccncc1-c1cc(C)n2ncc(C(=O)NC(C)C(F)(F)F)c2n1. The molecule has 0 aliphatic carbocycles. The number of alkyl halides is 3. The summed E-state index contributed by atoms with van der Waals surface area (Å²) in [6, 6.07) is 1.63. The van der Waals surface area contributed by atoms with Gasteiger partial charge in [-0.25, -0.2) is 9.50 Å². The topological polar surface area (TPSA) is 72.2 Å². The first-order valence-corrected chi connectivity index (χ1v) is 7.82. The van der Waals surface area contributed by atoms with Crippen LogP contribution in [0.5, 0.6) is 0 Å². The predicted molar refractivity (Wildman–Crippen MR) is 88.7 cm³/mol. The van der Waals surface area contributed by atoms with Crippen LogP contribution in [0.25, 0.3) is 16.9 Å². The summed E-state index contributed by atoms with van der Waals surface area (Å²) >= 11 is 0. The Bertz CT molecular complexity index is 980. The third kappa shape index (κ3) is 3.24. The van der Waals surface area contributed by atoms with Gasteiger partial charge in [0, 0.05) is 23.7 Å². The van der Waals surface area contributed by atoms with Crippen molar-refractivity contribution < 1.29 is 18.0 Å². The molecule has 0 saturated carbocycles. The molecule has 0 aliphatic rings. The average molecular weight is 363 g/mol. The van der Waals surface area contributed by atoms with E-state index in [0.29, 0.717) is 11.4 Å². The highest BCUT2D eigenvalue weighted by molar-refractivity contribution is 6.00. The Morgan fingerprint density at radius 2 is 2.00 bits per heavy atom. The third-order valence-corrected chi connectivity index (χ3v) is 4.05. The van der Waals surface area contributed by atoms with Crippen molar-refractivity contribution in [3.63, 3.8) is 0 Å². The summed E-state index contributed by atoms with van der Waals surface area (Å²) in [6.07, 6.45) is -0.0104. The van der Waals surface area contributed by atoms with E-state index >= 15 is 0 Å². The van der Waals surface area contributed by atoms with E-state index in [1.807, 2.05) is 18.3 Å². The number of aromatic nitrogens is 4. The Hall–Kier alpha value is -2.97. The molecule has 0 bridgehead atoms. The summed E-state index contributed by atoms with van der Waals surface area (Å²) < 4.78 is 39.5. The van der Waals surface area contributed by atoms with Crippen molar-refractivity contribution in [2.75, 3.05) is 0 Å². The smallest absolute Gasteiger partial charge is 0.340 e. The van der Waals surface area contributed by atoms with Crippen LogP contribution < -0.4 is 5.32 Å². The van der Waals surface area contributed by atoms with Crippen LogP contribution in [0.4, 0.5) is 13.2 Å². The Morgan fingerprint density at radius 3 is 2.65 bits per heavy atom. The maximum absolute atomic E-state index is 12.7. The van der Waals surface area contributed by atoms with Gasteiger partial charge < -0.3 is 5.32 Å². The van der Waals surface area contributed by atoms with Gasteiger partial charge in [-0.3, -0.25) is 9.78 Å². The summed E-state index contributed by atoms with van der Waals surface area (Å²) in [5, 5.41) is 6.00. The van der Waals surface area contributed by atoms with Gasteiger partial charge in [-0.1, -0.05) is 0 Å². The third-order valence-electron chi connectivity index (χ3n) is 4.05. The fraction of sp³-hybridized carbons (Fsp3) is 0.294. The van der Waals surface area contributed by atoms with Crippen LogP contribution >= 0.6 is 0 Å². The van der Waals surface area contributed by atoms with E-state index in [4.69, 9.17) is 0 Å². The monoisotopic (exact) mass is 363 g/mol. The van der Waals surface area contributed by atoms with E-state index < -0.39 is 18.1 Å². The van der Waals surface area contributed by atoms with Gasteiger partial charge in [0.2, 0.25) is 0 Å². The lowest BCUT2D eigenvalue weighted by molar-refractivity contribution is -0.149. The predicted octanol–water partition coefficient (Wildman–Crippen LogP) is 3.09. The lowest BCUT2D eigenvalue weighted by atomic mass is 10.1. The van der Waals surface area contributed by atoms with Gasteiger partial charge in [-0.05, 0) is 38.5 Å². The summed E-state index contributed by atoms with van der Waals surface area (Å²) in [7, 11) is 0. The molecule has 0 aromatic carbocycles. The average Bonchev–Trinajstić information content (AvgIpc) is 2.99. The summed E-state index contributed by atoms with van der Waals surface area (Å²) in [5.41, 5.74) is 3.14. The van der Waals surface area contributed by atoms with Crippen molar-refractivity contribution in [1.82, 2.24) is 24.9 Å². The van der Waals surface area contributed by atoms with Crippen molar-refractivity contribution in [2.45, 2.75) is 33.0 Å². The molecule has 9 heteroatoms. The van der Waals surface area contributed by atoms with Gasteiger partial charge in [-0.2, -0.15) is 18.3 Å². The Balaban J connectivity index is 2.06. The maximum Gasteiger partial charge on any atom is 0.408 e. The second-order valence-corrected chi connectivity index (χ2v) is 6.00. The van der Waals surface area contributed by atoms with E-state index in [2.05, 4.69) is 15.1 Å². The molecule has 0 saturated heterocycles. The van der Waals surface area contributed by atoms with E-state index in [0.717, 1.165) is 18.1 Å². The number of hydrogen-bond acceptors (Lipinski definition) is 4. The highest BCUT2D eigenvalue weighted by atomic mass is 19.4. The number of pyridine rings is 1. The minimum atomic E-state index is -4.53. The molecular formula is C17H16F3N5O. The molecule has 26 heavy (non-hydrogen) atoms. The zero-order valence-electron chi connectivity index (χ0n) is 14.3. The summed E-state index contributed by atoms with van der Waals surface area (Å²) in [6.45, 7) is 4.55. The van der Waals surface area contributed by atoms with Crippen LogP contribution in [0.15, 0.2) is 30.7 Å². The number of nitrogens with one attached hydrogen (secondary N) is 1. The number of halogens is 3. The fourth-order valence-corrected chi connectivity index (χ4v) is 2.50. The molecule has 0 radical (unpaired) electrons. The van der Waals surface area contributed by atoms with Crippen LogP contribution in [-0.2, 0) is 0 Å². The van der Waals surface area contributed by atoms with Gasteiger partial charge in [0.25, 0.3) is 5.91 Å². The summed E-state index contributed by atoms with van der Waals surface area (Å²) in [4.78, 5) is 20.8. The van der Waals surface area contributed by atoms with Crippen LogP contribution in [0.3, 0.4) is 0 Å². The van der Waals surface area contributed by atoms with Gasteiger partial charge in [-0.15, -0.1) is 0 Å². The quantitative estimate of drug-likeness (QED) is 0.776. The molecule has 1 unspecified atom stereocenters. The van der Waals surface area contributed by atoms with E-state index in [-0.39, 0.29) is 11.2 Å². The number of hydrogen-bond donors (Lipinski definition) is 1. The molecule has 3 aromatic heterocycles. The molecule has 1 amide bonds. The van der Waals surface area contributed by atoms with E-state index in [9.17, 15) is 18.0 Å². The number of carbonyl (C=O) groups is 1. The molecule has 1 N–H and O–H groups in total. The lowest BCUT2D eigenvalue weighted by Crippen LogP contribution is -2.43. The molecule has 0 aliphatic heterocycles. The van der Waals surface area contributed by atoms with E-state index in [1.165, 1.54) is 10.7 Å². The molecule has 136 valence electrons. The van der Waals surface area contributed by atoms with Crippen molar-refractivity contribution in [3.05, 3.63) is 47.5 Å². The number of rotatable bonds is 3. The minimum absolute atomic E-state index is 0.0207. The Morgan fingerprint density at radius 1 is 1.27 bits per heavy atom. The maximum atomic E-state index is 12.7. The van der Waals surface area contributed by atoms with Gasteiger partial charge in [0.05, 0.1) is 11.9 Å². The summed E-state index contributed by atoms with van der Waals surface area (Å²) in [5.74, 6) is -0.878. The number of nitrogens with zero attached hydrogens (tertiary/aromatic N) is 4. The first-order valence-electron chi connectivity index (χ1n) is 7.82. The molecular weight excluding hydrogens is 347 g/mol. The van der Waals surface area contributed by atoms with Gasteiger partial charge in [0.15, 0.2) is 5.65 Å². The van der Waals surface area contributed by atoms with E-state index in [1.54, 1.807) is 25.4 Å². The van der Waals surface area contributed by atoms with Crippen LogP contribution in [-0.4, -0.2) is 37.7 Å². The van der Waals surface area contributed by atoms with Gasteiger partial charge in [0.1, 0.15) is 11.6 Å². The second-order valence-electron chi connectivity index (χ2n) is 6.00. The number of carbonyl (C=O) groups excluding carboxylic acids is 1. The molecule has 3 rings (SSSR count). The molecule has 1 atom stereocenters. The number of fused-ring (bicyclic) bond motifs is 1. The first-order chi connectivity index (χ1) is 12.2. The zero-order valence-corrected chi connectivity index (χ0v) is 14.3. The van der Waals surface area contributed by atoms with Gasteiger partial charge >= 0.3 is 6.18 Å². The molecule has 3 heterocycles. The number of aryl methyl sites for hydroxylation is 2. The lowest BCUT2D eigenvalue weighted by Gasteiger charge is -2.16. The molecule has 0 fully saturated rings. The molecule has 0 spiro atoms. The number of amides is 1. The normalized spacial score (nSPS) is 13.0. The molecule has 6 nitrogen and oxygen atoms in total. The van der Waals surface area contributed by atoms with Crippen LogP contribution in [0.2, 0.25) is 0 Å². The van der Waals surface area contributed by atoms with Crippen molar-refractivity contribution >= 4 is 11.6 Å². The zero-order chi connectivity index (χ0) is 19.1.